The van der Waals surface area contributed by atoms with Crippen LogP contribution in [-0.4, -0.2) is 60.0 Å². The van der Waals surface area contributed by atoms with Gasteiger partial charge in [0, 0.05) is 20.7 Å². The number of carbonyl (C=O) groups is 5. The number of nitrogens with one attached hydrogen (secondary N) is 3. The summed E-state index contributed by atoms with van der Waals surface area (Å²) in [7, 11) is -3.92. The van der Waals surface area contributed by atoms with Gasteiger partial charge in [0.05, 0.1) is 6.42 Å². The number of benzene rings is 3. The van der Waals surface area contributed by atoms with Crippen molar-refractivity contribution in [2.75, 3.05) is 6.61 Å². The van der Waals surface area contributed by atoms with Crippen LogP contribution in [0.15, 0.2) is 78.9 Å². The third-order valence-electron chi connectivity index (χ3n) is 7.40. The minimum absolute atomic E-state index is 0.0104. The van der Waals surface area contributed by atoms with Crippen molar-refractivity contribution in [3.8, 4) is 0 Å². The Balaban J connectivity index is 1.75. The highest BCUT2D eigenvalue weighted by Crippen LogP contribution is 2.45. The number of Topliss-reactive ketones (excluding diaryl/α,β-unsaturated/α-hetero) is 1. The van der Waals surface area contributed by atoms with Crippen molar-refractivity contribution in [2.45, 2.75) is 78.3 Å². The van der Waals surface area contributed by atoms with Gasteiger partial charge in [0.25, 0.3) is 7.37 Å². The standard InChI is InChI=1S/C37H44Cl2N3O9P/c1-23(2)33(42-36(47)49-21-25-10-8-7-9-11-25)35(46)40-24(3)34(45)41-30(20-32(44)51-37(4,5)6)31(43)22-50-52(48,28-16-12-26(38)13-17-28)29-18-14-27(39)15-19-29/h7-19,23-24,30,33H,20-22H2,1-6H3,(H,40,46)(H,41,45)(H,42,47)/t24-,30-,33-/m0/s1. The average Bonchev–Trinajstić information content (AvgIpc) is 3.08. The maximum atomic E-state index is 14.4. The van der Waals surface area contributed by atoms with Gasteiger partial charge in [-0.15, -0.1) is 0 Å². The van der Waals surface area contributed by atoms with Crippen LogP contribution < -0.4 is 26.6 Å². The predicted molar refractivity (Wildman–Crippen MR) is 199 cm³/mol. The van der Waals surface area contributed by atoms with Crippen molar-refractivity contribution < 1.29 is 42.5 Å². The molecule has 52 heavy (non-hydrogen) atoms. The zero-order valence-corrected chi connectivity index (χ0v) is 32.2. The first kappa shape index (κ1) is 42.2. The summed E-state index contributed by atoms with van der Waals surface area (Å²) in [5.41, 5.74) is -0.140. The van der Waals surface area contributed by atoms with Crippen molar-refractivity contribution in [3.63, 3.8) is 0 Å². The summed E-state index contributed by atoms with van der Waals surface area (Å²) in [6.07, 6.45) is -1.41. The molecule has 0 aliphatic rings. The third kappa shape index (κ3) is 13.1. The molecular weight excluding hydrogens is 732 g/mol. The van der Waals surface area contributed by atoms with Gasteiger partial charge >= 0.3 is 12.1 Å². The molecule has 280 valence electrons. The fraction of sp³-hybridized carbons (Fsp3) is 0.378. The smallest absolute Gasteiger partial charge is 0.408 e. The second kappa shape index (κ2) is 19.0. The Kier molecular flexibility index (Phi) is 15.4. The molecule has 0 fully saturated rings. The quantitative estimate of drug-likeness (QED) is 0.126. The Hall–Kier alpha value is -4.22. The molecule has 3 rings (SSSR count). The van der Waals surface area contributed by atoms with Gasteiger partial charge in [0.1, 0.15) is 36.9 Å². The fourth-order valence-corrected chi connectivity index (χ4v) is 6.96. The van der Waals surface area contributed by atoms with Crippen LogP contribution in [0.5, 0.6) is 0 Å². The summed E-state index contributed by atoms with van der Waals surface area (Å²) >= 11 is 12.1. The normalized spacial score (nSPS) is 13.3. The van der Waals surface area contributed by atoms with E-state index in [1.165, 1.54) is 55.5 Å². The lowest BCUT2D eigenvalue weighted by Gasteiger charge is -2.26. The number of ketones is 1. The van der Waals surface area contributed by atoms with E-state index in [0.29, 0.717) is 10.0 Å². The second-order valence-corrected chi connectivity index (χ2v) is 16.5. The molecular formula is C37H44Cl2N3O9P. The maximum Gasteiger partial charge on any atom is 0.408 e. The van der Waals surface area contributed by atoms with Crippen LogP contribution in [0.25, 0.3) is 0 Å². The topological polar surface area (TPSA) is 166 Å². The predicted octanol–water partition coefficient (Wildman–Crippen LogP) is 5.48. The van der Waals surface area contributed by atoms with E-state index in [-0.39, 0.29) is 17.2 Å². The molecule has 0 bridgehead atoms. The average molecular weight is 777 g/mol. The van der Waals surface area contributed by atoms with Crippen LogP contribution in [0.1, 0.15) is 53.5 Å². The lowest BCUT2D eigenvalue weighted by molar-refractivity contribution is -0.156. The zero-order valence-electron chi connectivity index (χ0n) is 29.8. The number of esters is 1. The van der Waals surface area contributed by atoms with E-state index >= 15 is 0 Å². The second-order valence-electron chi connectivity index (χ2n) is 13.3. The number of hydrogen-bond acceptors (Lipinski definition) is 9. The number of amides is 3. The van der Waals surface area contributed by atoms with E-state index in [1.54, 1.807) is 58.9 Å². The first-order valence-corrected chi connectivity index (χ1v) is 18.9. The Morgan fingerprint density at radius 2 is 1.29 bits per heavy atom. The molecule has 0 saturated heterocycles. The molecule has 3 atom stereocenters. The van der Waals surface area contributed by atoms with Crippen molar-refractivity contribution in [2.24, 2.45) is 5.92 Å². The van der Waals surface area contributed by atoms with Crippen LogP contribution in [0, 0.1) is 5.92 Å². The molecule has 0 aliphatic heterocycles. The molecule has 0 aliphatic carbocycles. The van der Waals surface area contributed by atoms with Crippen LogP contribution in [-0.2, 0) is 44.3 Å². The zero-order chi connectivity index (χ0) is 38.6. The van der Waals surface area contributed by atoms with Gasteiger partial charge in [0.2, 0.25) is 11.8 Å². The molecule has 0 spiro atoms. The van der Waals surface area contributed by atoms with Crippen LogP contribution in [0.2, 0.25) is 10.0 Å². The van der Waals surface area contributed by atoms with E-state index in [0.717, 1.165) is 5.56 Å². The number of ether oxygens (including phenoxy) is 2. The minimum atomic E-state index is -3.92. The number of hydrogen-bond donors (Lipinski definition) is 3. The minimum Gasteiger partial charge on any atom is -0.460 e. The molecule has 0 radical (unpaired) electrons. The molecule has 0 unspecified atom stereocenters. The first-order valence-electron chi connectivity index (χ1n) is 16.5. The lowest BCUT2D eigenvalue weighted by Crippen LogP contribution is -2.56. The number of halogens is 2. The van der Waals surface area contributed by atoms with Gasteiger partial charge in [-0.25, -0.2) is 4.79 Å². The Bertz CT molecular complexity index is 1700. The van der Waals surface area contributed by atoms with E-state index in [2.05, 4.69) is 16.0 Å². The highest BCUT2D eigenvalue weighted by molar-refractivity contribution is 7.74. The van der Waals surface area contributed by atoms with E-state index < -0.39 is 79.7 Å². The SMILES string of the molecule is CC(C)[C@H](NC(=O)OCc1ccccc1)C(=O)N[C@@H](C)C(=O)N[C@@H](CC(=O)OC(C)(C)C)C(=O)COP(=O)(c1ccc(Cl)cc1)c1ccc(Cl)cc1. The van der Waals surface area contributed by atoms with E-state index in [4.69, 9.17) is 37.2 Å². The largest absolute Gasteiger partial charge is 0.460 e. The molecule has 0 saturated carbocycles. The lowest BCUT2D eigenvalue weighted by atomic mass is 10.0. The molecule has 3 N–H and O–H groups in total. The monoisotopic (exact) mass is 775 g/mol. The molecule has 0 aromatic heterocycles. The first-order chi connectivity index (χ1) is 24.4. The van der Waals surface area contributed by atoms with E-state index in [1.807, 2.05) is 6.07 Å². The molecule has 3 aromatic carbocycles. The van der Waals surface area contributed by atoms with Crippen LogP contribution in [0.3, 0.4) is 0 Å². The number of alkyl carbamates (subject to hydrolysis) is 1. The molecule has 15 heteroatoms. The summed E-state index contributed by atoms with van der Waals surface area (Å²) in [4.78, 5) is 65.6. The van der Waals surface area contributed by atoms with Gasteiger partial charge in [-0.2, -0.15) is 0 Å². The van der Waals surface area contributed by atoms with Gasteiger partial charge in [-0.1, -0.05) is 67.4 Å². The summed E-state index contributed by atoms with van der Waals surface area (Å²) in [6, 6.07) is 17.4. The van der Waals surface area contributed by atoms with Crippen LogP contribution >= 0.6 is 30.6 Å². The summed E-state index contributed by atoms with van der Waals surface area (Å²) in [5.74, 6) is -3.47. The Morgan fingerprint density at radius 3 is 1.79 bits per heavy atom. The number of carbonyl (C=O) groups excluding carboxylic acids is 5. The number of rotatable bonds is 16. The fourth-order valence-electron chi connectivity index (χ4n) is 4.72. The van der Waals surface area contributed by atoms with Gasteiger partial charge in [-0.05, 0) is 87.7 Å². The van der Waals surface area contributed by atoms with E-state index in [9.17, 15) is 28.5 Å². The molecule has 0 heterocycles. The third-order valence-corrected chi connectivity index (χ3v) is 10.4. The van der Waals surface area contributed by atoms with Gasteiger partial charge in [-0.3, -0.25) is 23.7 Å². The van der Waals surface area contributed by atoms with Crippen molar-refractivity contribution in [1.29, 1.82) is 0 Å². The van der Waals surface area contributed by atoms with Gasteiger partial charge in [0.15, 0.2) is 5.78 Å². The Morgan fingerprint density at radius 1 is 0.750 bits per heavy atom. The highest BCUT2D eigenvalue weighted by Gasteiger charge is 2.34. The Labute approximate surface area is 313 Å². The van der Waals surface area contributed by atoms with Crippen molar-refractivity contribution >= 4 is 70.8 Å². The molecule has 3 aromatic rings. The van der Waals surface area contributed by atoms with Crippen LogP contribution in [0.4, 0.5) is 4.79 Å². The van der Waals surface area contributed by atoms with Gasteiger partial charge < -0.3 is 29.9 Å². The van der Waals surface area contributed by atoms with Crippen molar-refractivity contribution in [3.05, 3.63) is 94.5 Å². The van der Waals surface area contributed by atoms with Crippen molar-refractivity contribution in [1.82, 2.24) is 16.0 Å². The summed E-state index contributed by atoms with van der Waals surface area (Å²) < 4.78 is 30.9. The summed E-state index contributed by atoms with van der Waals surface area (Å²) in [6.45, 7) is 8.93. The molecule has 12 nitrogen and oxygen atoms in total. The maximum absolute atomic E-state index is 14.4. The highest BCUT2D eigenvalue weighted by atomic mass is 35.5. The summed E-state index contributed by atoms with van der Waals surface area (Å²) in [5, 5.41) is 8.83. The molecule has 3 amide bonds.